The van der Waals surface area contributed by atoms with E-state index in [9.17, 15) is 9.59 Å². The van der Waals surface area contributed by atoms with E-state index < -0.39 is 23.4 Å². The van der Waals surface area contributed by atoms with Crippen LogP contribution in [0.2, 0.25) is 0 Å². The maximum Gasteiger partial charge on any atom is 0.260 e. The normalized spacial score (nSPS) is 22.3. The lowest BCUT2D eigenvalue weighted by Crippen LogP contribution is -2.46. The second-order valence-corrected chi connectivity index (χ2v) is 5.90. The molecule has 126 valence electrons. The lowest BCUT2D eigenvalue weighted by Gasteiger charge is -2.32. The Labute approximate surface area is 144 Å². The molecular weight excluding hydrogens is 319 g/mol. The standard InChI is InChI=1S/C20H17FN2O2/c21-20(19(23)25)12-4-7-16(18(22)24)17(20)15-10-8-14(9-11-15)13-5-2-1-3-6-13/h1-12,17H,(H2,22,24)(H2,23,25). The average molecular weight is 336 g/mol. The van der Waals surface area contributed by atoms with Crippen molar-refractivity contribution >= 4 is 11.8 Å². The summed E-state index contributed by atoms with van der Waals surface area (Å²) in [5.41, 5.74) is 10.5. The smallest absolute Gasteiger partial charge is 0.260 e. The first-order valence-electron chi connectivity index (χ1n) is 7.77. The molecular formula is C20H17FN2O2. The summed E-state index contributed by atoms with van der Waals surface area (Å²) in [5.74, 6) is -3.12. The van der Waals surface area contributed by atoms with Crippen LogP contribution in [0.25, 0.3) is 11.1 Å². The molecule has 0 radical (unpaired) electrons. The summed E-state index contributed by atoms with van der Waals surface area (Å²) in [4.78, 5) is 23.5. The van der Waals surface area contributed by atoms with Crippen molar-refractivity contribution in [3.05, 3.63) is 84.0 Å². The number of hydrogen-bond donors (Lipinski definition) is 2. The van der Waals surface area contributed by atoms with Gasteiger partial charge in [0, 0.05) is 5.57 Å². The molecule has 2 atom stereocenters. The number of benzene rings is 2. The molecule has 2 amide bonds. The molecule has 0 saturated heterocycles. The molecule has 1 aliphatic rings. The van der Waals surface area contributed by atoms with Crippen LogP contribution in [0.3, 0.4) is 0 Å². The topological polar surface area (TPSA) is 86.2 Å². The Morgan fingerprint density at radius 2 is 1.52 bits per heavy atom. The number of carbonyl (C=O) groups excluding carboxylic acids is 2. The van der Waals surface area contributed by atoms with E-state index >= 15 is 4.39 Å². The van der Waals surface area contributed by atoms with E-state index in [1.807, 2.05) is 42.5 Å². The molecule has 0 aromatic heterocycles. The van der Waals surface area contributed by atoms with Crippen LogP contribution >= 0.6 is 0 Å². The van der Waals surface area contributed by atoms with Crippen LogP contribution in [0.15, 0.2) is 78.4 Å². The number of halogens is 1. The number of alkyl halides is 1. The molecule has 0 heterocycles. The fourth-order valence-electron chi connectivity index (χ4n) is 3.08. The molecule has 2 aromatic carbocycles. The number of amides is 2. The quantitative estimate of drug-likeness (QED) is 0.899. The van der Waals surface area contributed by atoms with Crippen LogP contribution in [-0.2, 0) is 9.59 Å². The fourth-order valence-corrected chi connectivity index (χ4v) is 3.08. The summed E-state index contributed by atoms with van der Waals surface area (Å²) in [6.07, 6.45) is 3.77. The third kappa shape index (κ3) is 2.96. The second-order valence-electron chi connectivity index (χ2n) is 5.90. The first-order chi connectivity index (χ1) is 11.9. The molecule has 0 fully saturated rings. The largest absolute Gasteiger partial charge is 0.367 e. The van der Waals surface area contributed by atoms with E-state index in [1.54, 1.807) is 12.1 Å². The molecule has 4 N–H and O–H groups in total. The molecule has 0 saturated carbocycles. The van der Waals surface area contributed by atoms with Gasteiger partial charge in [-0.15, -0.1) is 0 Å². The molecule has 0 spiro atoms. The van der Waals surface area contributed by atoms with Gasteiger partial charge in [-0.25, -0.2) is 4.39 Å². The van der Waals surface area contributed by atoms with E-state index in [0.29, 0.717) is 5.56 Å². The number of primary amides is 2. The summed E-state index contributed by atoms with van der Waals surface area (Å²) in [6.45, 7) is 0. The SMILES string of the molecule is NC(=O)C1=CC=CC(F)(C(N)=O)C1c1ccc(-c2ccccc2)cc1. The number of hydrogen-bond acceptors (Lipinski definition) is 2. The third-order valence-electron chi connectivity index (χ3n) is 4.36. The first kappa shape index (κ1) is 16.6. The summed E-state index contributed by atoms with van der Waals surface area (Å²) >= 11 is 0. The minimum atomic E-state index is -2.51. The molecule has 2 unspecified atom stereocenters. The zero-order chi connectivity index (χ0) is 18.0. The van der Waals surface area contributed by atoms with Crippen molar-refractivity contribution in [3.63, 3.8) is 0 Å². The van der Waals surface area contributed by atoms with Crippen molar-refractivity contribution in [1.82, 2.24) is 0 Å². The summed E-state index contributed by atoms with van der Waals surface area (Å²) in [7, 11) is 0. The van der Waals surface area contributed by atoms with Crippen molar-refractivity contribution < 1.29 is 14.0 Å². The fraction of sp³-hybridized carbons (Fsp3) is 0.100. The predicted octanol–water partition coefficient (Wildman–Crippen LogP) is 2.61. The second kappa shape index (κ2) is 6.36. The zero-order valence-electron chi connectivity index (χ0n) is 13.4. The maximum atomic E-state index is 15.3. The van der Waals surface area contributed by atoms with Crippen LogP contribution in [-0.4, -0.2) is 17.5 Å². The highest BCUT2D eigenvalue weighted by Crippen LogP contribution is 2.41. The van der Waals surface area contributed by atoms with Gasteiger partial charge in [0.15, 0.2) is 0 Å². The number of allylic oxidation sites excluding steroid dienone is 2. The van der Waals surface area contributed by atoms with Crippen molar-refractivity contribution in [2.24, 2.45) is 11.5 Å². The lowest BCUT2D eigenvalue weighted by molar-refractivity contribution is -0.127. The molecule has 0 bridgehead atoms. The van der Waals surface area contributed by atoms with Gasteiger partial charge >= 0.3 is 0 Å². The van der Waals surface area contributed by atoms with Gasteiger partial charge < -0.3 is 11.5 Å². The van der Waals surface area contributed by atoms with Gasteiger partial charge in [0.2, 0.25) is 11.6 Å². The van der Waals surface area contributed by atoms with E-state index in [4.69, 9.17) is 11.5 Å². The molecule has 5 heteroatoms. The Balaban J connectivity index is 2.05. The summed E-state index contributed by atoms with van der Waals surface area (Å²) in [6, 6.07) is 16.6. The monoisotopic (exact) mass is 336 g/mol. The predicted molar refractivity (Wildman–Crippen MR) is 94.1 cm³/mol. The van der Waals surface area contributed by atoms with Crippen LogP contribution < -0.4 is 11.5 Å². The summed E-state index contributed by atoms with van der Waals surface area (Å²) in [5, 5.41) is 0. The Kier molecular flexibility index (Phi) is 4.23. The maximum absolute atomic E-state index is 15.3. The Bertz CT molecular complexity index is 872. The highest BCUT2D eigenvalue weighted by Gasteiger charge is 2.48. The Morgan fingerprint density at radius 3 is 2.08 bits per heavy atom. The number of carbonyl (C=O) groups is 2. The lowest BCUT2D eigenvalue weighted by atomic mass is 9.74. The van der Waals surface area contributed by atoms with E-state index in [0.717, 1.165) is 17.2 Å². The van der Waals surface area contributed by atoms with Gasteiger partial charge in [-0.05, 0) is 22.8 Å². The molecule has 25 heavy (non-hydrogen) atoms. The highest BCUT2D eigenvalue weighted by molar-refractivity contribution is 5.98. The minimum Gasteiger partial charge on any atom is -0.367 e. The van der Waals surface area contributed by atoms with Crippen LogP contribution in [0.4, 0.5) is 4.39 Å². The van der Waals surface area contributed by atoms with Crippen LogP contribution in [0.1, 0.15) is 11.5 Å². The number of rotatable bonds is 4. The molecule has 3 rings (SSSR count). The van der Waals surface area contributed by atoms with Gasteiger partial charge in [0.1, 0.15) is 0 Å². The minimum absolute atomic E-state index is 0.0104. The van der Waals surface area contributed by atoms with Gasteiger partial charge in [-0.3, -0.25) is 9.59 Å². The summed E-state index contributed by atoms with van der Waals surface area (Å²) < 4.78 is 15.3. The number of nitrogens with two attached hydrogens (primary N) is 2. The third-order valence-corrected chi connectivity index (χ3v) is 4.36. The molecule has 1 aliphatic carbocycles. The van der Waals surface area contributed by atoms with Gasteiger partial charge in [-0.1, -0.05) is 66.7 Å². The van der Waals surface area contributed by atoms with Crippen molar-refractivity contribution in [3.8, 4) is 11.1 Å². The van der Waals surface area contributed by atoms with Gasteiger partial charge in [0.05, 0.1) is 5.92 Å². The van der Waals surface area contributed by atoms with E-state index in [2.05, 4.69) is 0 Å². The molecule has 0 aliphatic heterocycles. The van der Waals surface area contributed by atoms with Crippen molar-refractivity contribution in [2.75, 3.05) is 0 Å². The Morgan fingerprint density at radius 1 is 0.920 bits per heavy atom. The van der Waals surface area contributed by atoms with Crippen molar-refractivity contribution in [1.29, 1.82) is 0 Å². The van der Waals surface area contributed by atoms with E-state index in [1.165, 1.54) is 12.2 Å². The Hall–Kier alpha value is -3.21. The average Bonchev–Trinajstić information content (AvgIpc) is 2.62. The van der Waals surface area contributed by atoms with E-state index in [-0.39, 0.29) is 5.57 Å². The molecule has 2 aromatic rings. The highest BCUT2D eigenvalue weighted by atomic mass is 19.1. The first-order valence-corrected chi connectivity index (χ1v) is 7.77. The van der Waals surface area contributed by atoms with Gasteiger partial charge in [0.25, 0.3) is 5.91 Å². The zero-order valence-corrected chi connectivity index (χ0v) is 13.4. The van der Waals surface area contributed by atoms with Crippen molar-refractivity contribution in [2.45, 2.75) is 11.6 Å². The van der Waals surface area contributed by atoms with Crippen LogP contribution in [0.5, 0.6) is 0 Å². The van der Waals surface area contributed by atoms with Crippen LogP contribution in [0, 0.1) is 0 Å². The van der Waals surface area contributed by atoms with Gasteiger partial charge in [-0.2, -0.15) is 0 Å². The molecule has 4 nitrogen and oxygen atoms in total.